The van der Waals surface area contributed by atoms with Crippen LogP contribution in [0.5, 0.6) is 0 Å². The van der Waals surface area contributed by atoms with Gasteiger partial charge in [-0.2, -0.15) is 0 Å². The van der Waals surface area contributed by atoms with Crippen LogP contribution in [-0.2, 0) is 18.4 Å². The predicted molar refractivity (Wildman–Crippen MR) is 33.6 cm³/mol. The quantitative estimate of drug-likeness (QED) is 0.472. The molecule has 1 saturated heterocycles. The van der Waals surface area contributed by atoms with Crippen molar-refractivity contribution in [2.75, 3.05) is 0 Å². The van der Waals surface area contributed by atoms with Crippen molar-refractivity contribution in [3.63, 3.8) is 0 Å². The zero-order valence-electron chi connectivity index (χ0n) is 5.39. The molecule has 6 nitrogen and oxygen atoms in total. The summed E-state index contributed by atoms with van der Waals surface area (Å²) in [5.41, 5.74) is 0. The lowest BCUT2D eigenvalue weighted by Gasteiger charge is -2.07. The van der Waals surface area contributed by atoms with E-state index in [-0.39, 0.29) is 0 Å². The third-order valence-corrected chi connectivity index (χ3v) is 2.25. The molecule has 1 rings (SSSR count). The minimum absolute atomic E-state index is 1.29. The second kappa shape index (κ2) is 2.99. The maximum atomic E-state index is 10.3. The summed E-state index contributed by atoms with van der Waals surface area (Å²) in [7, 11) is -1.40. The first-order valence-corrected chi connectivity index (χ1v) is 3.97. The molecule has 1 aliphatic rings. The fourth-order valence-electron chi connectivity index (χ4n) is 0.762. The monoisotopic (exact) mass is 178 g/mol. The van der Waals surface area contributed by atoms with Crippen molar-refractivity contribution in [3.05, 3.63) is 0 Å². The lowest BCUT2D eigenvalue weighted by atomic mass is 10.2. The number of carbonyl (C=O) groups is 2. The molecule has 0 aromatic carbocycles. The van der Waals surface area contributed by atoms with E-state index in [0.717, 1.165) is 0 Å². The molecular formula is C4H6O6Si. The Labute approximate surface area is 63.8 Å². The van der Waals surface area contributed by atoms with Gasteiger partial charge >= 0.3 is 21.9 Å². The zero-order chi connectivity index (χ0) is 8.43. The van der Waals surface area contributed by atoms with Gasteiger partial charge in [-0.25, -0.2) is 9.59 Å². The van der Waals surface area contributed by atoms with E-state index >= 15 is 0 Å². The third kappa shape index (κ3) is 1.56. The first kappa shape index (κ1) is 8.18. The Hall–Kier alpha value is -0.923. The summed E-state index contributed by atoms with van der Waals surface area (Å²) in [5, 5.41) is 16.8. The van der Waals surface area contributed by atoms with E-state index in [2.05, 4.69) is 8.85 Å². The van der Waals surface area contributed by atoms with E-state index in [1.54, 1.807) is 0 Å². The zero-order valence-corrected chi connectivity index (χ0v) is 6.80. The summed E-state index contributed by atoms with van der Waals surface area (Å²) in [4.78, 5) is 20.5. The van der Waals surface area contributed by atoms with Gasteiger partial charge < -0.3 is 19.1 Å². The van der Waals surface area contributed by atoms with Crippen molar-refractivity contribution in [1.29, 1.82) is 0 Å². The highest BCUT2D eigenvalue weighted by Crippen LogP contribution is 2.11. The van der Waals surface area contributed by atoms with E-state index in [0.29, 0.717) is 0 Å². The molecule has 1 fully saturated rings. The highest BCUT2D eigenvalue weighted by molar-refractivity contribution is 6.21. The van der Waals surface area contributed by atoms with E-state index in [9.17, 15) is 9.59 Å². The first-order chi connectivity index (χ1) is 5.13. The summed E-state index contributed by atoms with van der Waals surface area (Å²) in [6.07, 6.45) is -2.64. The van der Waals surface area contributed by atoms with Gasteiger partial charge in [0, 0.05) is 0 Å². The Morgan fingerprint density at radius 3 is 1.73 bits per heavy atom. The van der Waals surface area contributed by atoms with Gasteiger partial charge in [0.25, 0.3) is 0 Å². The maximum Gasteiger partial charge on any atom is 0.335 e. The van der Waals surface area contributed by atoms with Gasteiger partial charge in [-0.05, 0) is 0 Å². The molecule has 7 heteroatoms. The van der Waals surface area contributed by atoms with Gasteiger partial charge in [0.1, 0.15) is 0 Å². The summed E-state index contributed by atoms with van der Waals surface area (Å²) in [6.45, 7) is 0. The Morgan fingerprint density at radius 1 is 1.09 bits per heavy atom. The van der Waals surface area contributed by atoms with E-state index in [1.807, 2.05) is 0 Å². The minimum Gasteiger partial charge on any atom is -0.479 e. The molecule has 0 aliphatic carbocycles. The molecular weight excluding hydrogens is 172 g/mol. The van der Waals surface area contributed by atoms with E-state index in [1.165, 1.54) is 0 Å². The highest BCUT2D eigenvalue weighted by atomic mass is 28.3. The third-order valence-electron chi connectivity index (χ3n) is 1.26. The van der Waals surface area contributed by atoms with Crippen LogP contribution in [0.1, 0.15) is 0 Å². The smallest absolute Gasteiger partial charge is 0.335 e. The van der Waals surface area contributed by atoms with Crippen molar-refractivity contribution in [2.45, 2.75) is 12.2 Å². The molecule has 0 bridgehead atoms. The highest BCUT2D eigenvalue weighted by Gasteiger charge is 2.40. The molecule has 11 heavy (non-hydrogen) atoms. The van der Waals surface area contributed by atoms with Gasteiger partial charge in [-0.1, -0.05) is 0 Å². The molecule has 1 aliphatic heterocycles. The number of hydrogen-bond donors (Lipinski definition) is 2. The molecule has 2 unspecified atom stereocenters. The first-order valence-electron chi connectivity index (χ1n) is 2.81. The number of rotatable bonds is 2. The summed E-state index contributed by atoms with van der Waals surface area (Å²) < 4.78 is 9.25. The van der Waals surface area contributed by atoms with E-state index < -0.39 is 34.2 Å². The van der Waals surface area contributed by atoms with E-state index in [4.69, 9.17) is 10.2 Å². The standard InChI is InChI=1S/C4H6O6Si/c5-3(6)1-2(4(7)8)10-11-9-1/h1-2H,11H2,(H,5,6)(H,7,8). The Bertz CT molecular complexity index is 171. The molecule has 0 aromatic heterocycles. The van der Waals surface area contributed by atoms with Crippen molar-refractivity contribution in [3.8, 4) is 0 Å². The van der Waals surface area contributed by atoms with Crippen LogP contribution < -0.4 is 0 Å². The number of hydrogen-bond acceptors (Lipinski definition) is 4. The fraction of sp³-hybridized carbons (Fsp3) is 0.500. The fourth-order valence-corrected chi connectivity index (χ4v) is 1.77. The van der Waals surface area contributed by atoms with Crippen LogP contribution in [0.25, 0.3) is 0 Å². The average Bonchev–Trinajstić information content (AvgIpc) is 2.32. The molecule has 0 radical (unpaired) electrons. The Morgan fingerprint density at radius 2 is 1.45 bits per heavy atom. The predicted octanol–water partition coefficient (Wildman–Crippen LogP) is -2.06. The molecule has 0 spiro atoms. The van der Waals surface area contributed by atoms with Crippen LogP contribution in [0.2, 0.25) is 0 Å². The van der Waals surface area contributed by atoms with Crippen LogP contribution in [0.4, 0.5) is 0 Å². The van der Waals surface area contributed by atoms with Gasteiger partial charge in [0.15, 0.2) is 12.2 Å². The van der Waals surface area contributed by atoms with Crippen LogP contribution in [0.3, 0.4) is 0 Å². The second-order valence-electron chi connectivity index (χ2n) is 1.97. The lowest BCUT2D eigenvalue weighted by Crippen LogP contribution is -2.36. The van der Waals surface area contributed by atoms with Crippen molar-refractivity contribution in [1.82, 2.24) is 0 Å². The summed E-state index contributed by atoms with van der Waals surface area (Å²) >= 11 is 0. The SMILES string of the molecule is O=C(O)C1O[SiH2]OC1C(=O)O. The molecule has 0 aromatic rings. The number of carboxylic acid groups (broad SMARTS) is 2. The topological polar surface area (TPSA) is 93.1 Å². The molecule has 2 atom stereocenters. The van der Waals surface area contributed by atoms with Crippen LogP contribution in [-0.4, -0.2) is 44.4 Å². The Kier molecular flexibility index (Phi) is 2.22. The normalized spacial score (nSPS) is 32.4. The minimum atomic E-state index is -1.40. The van der Waals surface area contributed by atoms with Crippen molar-refractivity contribution in [2.24, 2.45) is 0 Å². The maximum absolute atomic E-state index is 10.3. The summed E-state index contributed by atoms with van der Waals surface area (Å²) in [6, 6.07) is 0. The molecule has 62 valence electrons. The second-order valence-corrected chi connectivity index (χ2v) is 2.87. The van der Waals surface area contributed by atoms with Crippen LogP contribution >= 0.6 is 0 Å². The van der Waals surface area contributed by atoms with Crippen molar-refractivity contribution < 1.29 is 28.7 Å². The number of carboxylic acids is 2. The lowest BCUT2D eigenvalue weighted by molar-refractivity contribution is -0.156. The van der Waals surface area contributed by atoms with Gasteiger partial charge in [-0.3, -0.25) is 0 Å². The van der Waals surface area contributed by atoms with Gasteiger partial charge in [-0.15, -0.1) is 0 Å². The summed E-state index contributed by atoms with van der Waals surface area (Å²) in [5.74, 6) is -2.58. The van der Waals surface area contributed by atoms with Gasteiger partial charge in [0.05, 0.1) is 0 Å². The van der Waals surface area contributed by atoms with Crippen molar-refractivity contribution >= 4 is 21.9 Å². The van der Waals surface area contributed by atoms with Crippen LogP contribution in [0.15, 0.2) is 0 Å². The van der Waals surface area contributed by atoms with Crippen LogP contribution in [0, 0.1) is 0 Å². The molecule has 0 saturated carbocycles. The molecule has 0 amide bonds. The van der Waals surface area contributed by atoms with Gasteiger partial charge in [0.2, 0.25) is 0 Å². The molecule has 2 N–H and O–H groups in total. The largest absolute Gasteiger partial charge is 0.479 e. The molecule has 1 heterocycles. The average molecular weight is 178 g/mol. The number of aliphatic carboxylic acids is 2. The Balaban J connectivity index is 2.65.